The summed E-state index contributed by atoms with van der Waals surface area (Å²) in [6.45, 7) is 0. The Kier molecular flexibility index (Phi) is 4.28. The predicted octanol–water partition coefficient (Wildman–Crippen LogP) is 5.70. The monoisotopic (exact) mass is 401 g/mol. The molecule has 0 unspecified atom stereocenters. The molecule has 1 fully saturated rings. The fourth-order valence-electron chi connectivity index (χ4n) is 3.89. The van der Waals surface area contributed by atoms with Crippen molar-refractivity contribution in [1.82, 2.24) is 9.55 Å². The van der Waals surface area contributed by atoms with Gasteiger partial charge in [-0.25, -0.2) is 14.2 Å². The van der Waals surface area contributed by atoms with Gasteiger partial charge in [-0.1, -0.05) is 12.1 Å². The average Bonchev–Trinajstić information content (AvgIpc) is 3.52. The first-order valence-corrected chi connectivity index (χ1v) is 9.85. The first kappa shape index (κ1) is 18.4. The molecule has 2 aromatic heterocycles. The molecule has 0 atom stereocenters. The highest BCUT2D eigenvalue weighted by Gasteiger charge is 2.26. The Balaban J connectivity index is 1.60. The standard InChI is InChI=1S/C24H20FN3O2/c1-28-9-8-16-10-19(12-20(22(16)28)15-4-6-18(25)7-5-15)27-23-21(24(29)30)11-17(13-26-23)14-2-3-14/h4-14H,2-3H2,1H3,(H,26,27)(H,29,30). The number of fused-ring (bicyclic) bond motifs is 1. The molecule has 5 nitrogen and oxygen atoms in total. The molecular weight excluding hydrogens is 381 g/mol. The second-order valence-electron chi connectivity index (χ2n) is 7.76. The van der Waals surface area contributed by atoms with Crippen molar-refractivity contribution < 1.29 is 14.3 Å². The largest absolute Gasteiger partial charge is 0.478 e. The quantitative estimate of drug-likeness (QED) is 0.450. The molecule has 0 radical (unpaired) electrons. The molecule has 1 aliphatic rings. The van der Waals surface area contributed by atoms with Crippen molar-refractivity contribution >= 4 is 28.4 Å². The zero-order valence-corrected chi connectivity index (χ0v) is 16.4. The Labute approximate surface area is 172 Å². The minimum absolute atomic E-state index is 0.163. The lowest BCUT2D eigenvalue weighted by atomic mass is 10.0. The number of benzene rings is 2. The molecule has 2 N–H and O–H groups in total. The molecule has 4 aromatic rings. The van der Waals surface area contributed by atoms with Crippen molar-refractivity contribution in [3.63, 3.8) is 0 Å². The summed E-state index contributed by atoms with van der Waals surface area (Å²) in [7, 11) is 1.96. The normalized spacial score (nSPS) is 13.5. The lowest BCUT2D eigenvalue weighted by Crippen LogP contribution is -2.06. The SMILES string of the molecule is Cn1ccc2cc(Nc3ncc(C4CC4)cc3C(=O)O)cc(-c3ccc(F)cc3)c21. The Morgan fingerprint density at radius 3 is 2.63 bits per heavy atom. The molecule has 0 saturated heterocycles. The van der Waals surface area contributed by atoms with Crippen molar-refractivity contribution in [3.8, 4) is 11.1 Å². The van der Waals surface area contributed by atoms with E-state index in [2.05, 4.69) is 10.3 Å². The number of anilines is 2. The van der Waals surface area contributed by atoms with Crippen LogP contribution in [0.15, 0.2) is 60.9 Å². The molecule has 30 heavy (non-hydrogen) atoms. The summed E-state index contributed by atoms with van der Waals surface area (Å²) in [6, 6.07) is 14.0. The molecule has 0 amide bonds. The maximum absolute atomic E-state index is 13.4. The molecule has 150 valence electrons. The number of pyridine rings is 1. The van der Waals surface area contributed by atoms with Gasteiger partial charge < -0.3 is 15.0 Å². The number of halogens is 1. The smallest absolute Gasteiger partial charge is 0.339 e. The van der Waals surface area contributed by atoms with Gasteiger partial charge in [0, 0.05) is 36.1 Å². The second-order valence-corrected chi connectivity index (χ2v) is 7.76. The van der Waals surface area contributed by atoms with Crippen molar-refractivity contribution in [2.75, 3.05) is 5.32 Å². The minimum atomic E-state index is -1.01. The van der Waals surface area contributed by atoms with E-state index in [0.29, 0.717) is 11.7 Å². The van der Waals surface area contributed by atoms with Crippen LogP contribution < -0.4 is 5.32 Å². The Morgan fingerprint density at radius 2 is 1.93 bits per heavy atom. The first-order valence-electron chi connectivity index (χ1n) is 9.85. The van der Waals surface area contributed by atoms with Crippen molar-refractivity contribution in [2.45, 2.75) is 18.8 Å². The molecule has 2 aromatic carbocycles. The highest BCUT2D eigenvalue weighted by atomic mass is 19.1. The topological polar surface area (TPSA) is 67.2 Å². The highest BCUT2D eigenvalue weighted by molar-refractivity contribution is 5.99. The van der Waals surface area contributed by atoms with Crippen LogP contribution in [0.2, 0.25) is 0 Å². The summed E-state index contributed by atoms with van der Waals surface area (Å²) in [5, 5.41) is 13.9. The van der Waals surface area contributed by atoms with Gasteiger partial charge in [0.1, 0.15) is 17.2 Å². The van der Waals surface area contributed by atoms with Crippen molar-refractivity contribution in [3.05, 3.63) is 77.9 Å². The number of aromatic carboxylic acids is 1. The second kappa shape index (κ2) is 6.99. The number of hydrogen-bond acceptors (Lipinski definition) is 3. The summed E-state index contributed by atoms with van der Waals surface area (Å²) < 4.78 is 15.5. The van der Waals surface area contributed by atoms with E-state index in [-0.39, 0.29) is 11.4 Å². The molecule has 1 aliphatic carbocycles. The molecule has 0 spiro atoms. The average molecular weight is 401 g/mol. The molecule has 5 rings (SSSR count). The van der Waals surface area contributed by atoms with E-state index in [1.165, 1.54) is 12.1 Å². The zero-order valence-electron chi connectivity index (χ0n) is 16.4. The van der Waals surface area contributed by atoms with Crippen molar-refractivity contribution in [1.29, 1.82) is 0 Å². The molecule has 0 aliphatic heterocycles. The summed E-state index contributed by atoms with van der Waals surface area (Å²) in [5.74, 6) is -0.558. The zero-order chi connectivity index (χ0) is 20.8. The van der Waals surface area contributed by atoms with E-state index in [4.69, 9.17) is 0 Å². The number of carbonyl (C=O) groups is 1. The molecule has 0 bridgehead atoms. The van der Waals surface area contributed by atoms with Crippen molar-refractivity contribution in [2.24, 2.45) is 7.05 Å². The molecule has 2 heterocycles. The number of hydrogen-bond donors (Lipinski definition) is 2. The van der Waals surface area contributed by atoms with Gasteiger partial charge in [0.15, 0.2) is 0 Å². The number of rotatable bonds is 5. The Morgan fingerprint density at radius 1 is 1.17 bits per heavy atom. The highest BCUT2D eigenvalue weighted by Crippen LogP contribution is 2.41. The maximum Gasteiger partial charge on any atom is 0.339 e. The van der Waals surface area contributed by atoms with Gasteiger partial charge in [-0.2, -0.15) is 0 Å². The van der Waals surface area contributed by atoms with Gasteiger partial charge in [0.2, 0.25) is 0 Å². The van der Waals surface area contributed by atoms with Crippen LogP contribution in [0.25, 0.3) is 22.0 Å². The fraction of sp³-hybridized carbons (Fsp3) is 0.167. The van der Waals surface area contributed by atoms with E-state index >= 15 is 0 Å². The Bertz CT molecular complexity index is 1270. The third-order valence-corrected chi connectivity index (χ3v) is 5.58. The number of carboxylic acids is 1. The third kappa shape index (κ3) is 3.30. The summed E-state index contributed by atoms with van der Waals surface area (Å²) in [4.78, 5) is 16.2. The van der Waals surface area contributed by atoms with E-state index in [9.17, 15) is 14.3 Å². The lowest BCUT2D eigenvalue weighted by Gasteiger charge is -2.13. The van der Waals surface area contributed by atoms with E-state index in [1.54, 1.807) is 24.4 Å². The van der Waals surface area contributed by atoms with Crippen LogP contribution >= 0.6 is 0 Å². The van der Waals surface area contributed by atoms with Crippen LogP contribution in [0, 0.1) is 5.82 Å². The summed E-state index contributed by atoms with van der Waals surface area (Å²) in [5.41, 5.74) is 4.68. The number of aryl methyl sites for hydroxylation is 1. The van der Waals surface area contributed by atoms with Crippen LogP contribution in [0.4, 0.5) is 15.9 Å². The van der Waals surface area contributed by atoms with Crippen LogP contribution in [-0.2, 0) is 7.05 Å². The third-order valence-electron chi connectivity index (χ3n) is 5.58. The lowest BCUT2D eigenvalue weighted by molar-refractivity contribution is 0.0697. The molecule has 1 saturated carbocycles. The summed E-state index contributed by atoms with van der Waals surface area (Å²) in [6.07, 6.45) is 5.89. The summed E-state index contributed by atoms with van der Waals surface area (Å²) >= 11 is 0. The van der Waals surface area contributed by atoms with Gasteiger partial charge in [-0.3, -0.25) is 0 Å². The van der Waals surface area contributed by atoms with Crippen LogP contribution in [0.3, 0.4) is 0 Å². The fourth-order valence-corrected chi connectivity index (χ4v) is 3.89. The number of aromatic nitrogens is 2. The maximum atomic E-state index is 13.4. The van der Waals surface area contributed by atoms with E-state index < -0.39 is 5.97 Å². The predicted molar refractivity (Wildman–Crippen MR) is 115 cm³/mol. The van der Waals surface area contributed by atoms with Crippen LogP contribution in [0.1, 0.15) is 34.7 Å². The van der Waals surface area contributed by atoms with Gasteiger partial charge in [-0.05, 0) is 66.3 Å². The van der Waals surface area contributed by atoms with Gasteiger partial charge in [0.25, 0.3) is 0 Å². The first-order chi connectivity index (χ1) is 14.5. The number of carboxylic acid groups (broad SMARTS) is 1. The van der Waals surface area contributed by atoms with E-state index in [1.807, 2.05) is 36.0 Å². The van der Waals surface area contributed by atoms with Gasteiger partial charge in [0.05, 0.1) is 5.52 Å². The molecule has 6 heteroatoms. The number of nitrogens with one attached hydrogen (secondary N) is 1. The van der Waals surface area contributed by atoms with E-state index in [0.717, 1.165) is 46.1 Å². The van der Waals surface area contributed by atoms with Gasteiger partial charge in [-0.15, -0.1) is 0 Å². The van der Waals surface area contributed by atoms with Crippen LogP contribution in [0.5, 0.6) is 0 Å². The number of nitrogens with zero attached hydrogens (tertiary/aromatic N) is 2. The molecular formula is C24H20FN3O2. The van der Waals surface area contributed by atoms with Crippen LogP contribution in [-0.4, -0.2) is 20.6 Å². The minimum Gasteiger partial charge on any atom is -0.478 e. The van der Waals surface area contributed by atoms with Gasteiger partial charge >= 0.3 is 5.97 Å². The Hall–Kier alpha value is -3.67.